The van der Waals surface area contributed by atoms with Gasteiger partial charge >= 0.3 is 0 Å². The third kappa shape index (κ3) is 2.75. The van der Waals surface area contributed by atoms with Gasteiger partial charge in [-0.05, 0) is 36.4 Å². The number of hydrogen-bond donors (Lipinski definition) is 0. The third-order valence-electron chi connectivity index (χ3n) is 2.86. The molecule has 0 saturated heterocycles. The van der Waals surface area contributed by atoms with Crippen molar-refractivity contribution in [2.24, 2.45) is 0 Å². The summed E-state index contributed by atoms with van der Waals surface area (Å²) in [6.45, 7) is 0. The smallest absolute Gasteiger partial charge is 0.151 e. The largest absolute Gasteiger partial charge is 0.345 e. The van der Waals surface area contributed by atoms with Crippen LogP contribution in [0.1, 0.15) is 15.9 Å². The van der Waals surface area contributed by atoms with E-state index in [-0.39, 0.29) is 0 Å². The molecule has 3 nitrogen and oxygen atoms in total. The molecule has 0 fully saturated rings. The van der Waals surface area contributed by atoms with Gasteiger partial charge in [0.25, 0.3) is 0 Å². The Bertz CT molecular complexity index is 661. The van der Waals surface area contributed by atoms with E-state index < -0.39 is 0 Å². The first-order valence-corrected chi connectivity index (χ1v) is 6.02. The molecule has 4 heteroatoms. The zero-order valence-corrected chi connectivity index (χ0v) is 11.1. The molecule has 0 saturated carbocycles. The number of carbonyl (C=O) groups is 1. The van der Waals surface area contributed by atoms with Crippen LogP contribution >= 0.6 is 11.6 Å². The SMILES string of the molecule is CN(c1cccc(C#N)c1)c1ccc(C=O)c(Cl)c1. The van der Waals surface area contributed by atoms with E-state index in [1.54, 1.807) is 24.3 Å². The molecule has 2 rings (SSSR count). The second-order valence-electron chi connectivity index (χ2n) is 4.04. The average Bonchev–Trinajstić information content (AvgIpc) is 2.46. The van der Waals surface area contributed by atoms with Gasteiger partial charge in [-0.15, -0.1) is 0 Å². The molecule has 0 aliphatic rings. The maximum Gasteiger partial charge on any atom is 0.151 e. The van der Waals surface area contributed by atoms with Gasteiger partial charge in [0.1, 0.15) is 0 Å². The van der Waals surface area contributed by atoms with E-state index in [2.05, 4.69) is 6.07 Å². The van der Waals surface area contributed by atoms with Gasteiger partial charge in [0.05, 0.1) is 16.7 Å². The Kier molecular flexibility index (Phi) is 3.84. The van der Waals surface area contributed by atoms with Gasteiger partial charge in [-0.2, -0.15) is 5.26 Å². The van der Waals surface area contributed by atoms with E-state index in [1.807, 2.05) is 30.1 Å². The van der Waals surface area contributed by atoms with Crippen LogP contribution in [0.15, 0.2) is 42.5 Å². The Hall–Kier alpha value is -2.31. The average molecular weight is 271 g/mol. The van der Waals surface area contributed by atoms with Crippen molar-refractivity contribution in [1.82, 2.24) is 0 Å². The van der Waals surface area contributed by atoms with Gasteiger partial charge < -0.3 is 4.90 Å². The lowest BCUT2D eigenvalue weighted by Crippen LogP contribution is -2.09. The molecule has 0 aromatic heterocycles. The number of aldehydes is 1. The van der Waals surface area contributed by atoms with Crippen LogP contribution in [0.25, 0.3) is 0 Å². The first-order chi connectivity index (χ1) is 9.15. The second-order valence-corrected chi connectivity index (χ2v) is 4.45. The molecule has 0 atom stereocenters. The van der Waals surface area contributed by atoms with E-state index in [0.29, 0.717) is 16.1 Å². The molecule has 2 aromatic carbocycles. The number of rotatable bonds is 3. The summed E-state index contributed by atoms with van der Waals surface area (Å²) in [4.78, 5) is 12.6. The summed E-state index contributed by atoms with van der Waals surface area (Å²) >= 11 is 6.01. The highest BCUT2D eigenvalue weighted by Gasteiger charge is 2.07. The number of benzene rings is 2. The quantitative estimate of drug-likeness (QED) is 0.797. The summed E-state index contributed by atoms with van der Waals surface area (Å²) in [6.07, 6.45) is 0.725. The van der Waals surface area contributed by atoms with E-state index in [1.165, 1.54) is 0 Å². The normalized spacial score (nSPS) is 9.74. The minimum absolute atomic E-state index is 0.413. The lowest BCUT2D eigenvalue weighted by molar-refractivity contribution is 0.112. The van der Waals surface area contributed by atoms with Crippen molar-refractivity contribution < 1.29 is 4.79 Å². The number of nitrogens with zero attached hydrogens (tertiary/aromatic N) is 2. The van der Waals surface area contributed by atoms with Crippen LogP contribution in [0, 0.1) is 11.3 Å². The molecule has 0 radical (unpaired) electrons. The van der Waals surface area contributed by atoms with Crippen molar-refractivity contribution in [2.45, 2.75) is 0 Å². The second kappa shape index (κ2) is 5.55. The molecule has 0 aliphatic carbocycles. The van der Waals surface area contributed by atoms with Crippen LogP contribution in [0.5, 0.6) is 0 Å². The molecular formula is C15H11ClN2O. The van der Waals surface area contributed by atoms with Crippen LogP contribution in [-0.4, -0.2) is 13.3 Å². The Morgan fingerprint density at radius 2 is 1.95 bits per heavy atom. The summed E-state index contributed by atoms with van der Waals surface area (Å²) in [5.74, 6) is 0. The third-order valence-corrected chi connectivity index (χ3v) is 3.19. The van der Waals surface area contributed by atoms with Crippen LogP contribution in [0.2, 0.25) is 5.02 Å². The maximum atomic E-state index is 10.7. The van der Waals surface area contributed by atoms with Crippen molar-refractivity contribution in [3.63, 3.8) is 0 Å². The Labute approximate surface area is 116 Å². The van der Waals surface area contributed by atoms with Crippen LogP contribution in [0.3, 0.4) is 0 Å². The number of hydrogen-bond acceptors (Lipinski definition) is 3. The summed E-state index contributed by atoms with van der Waals surface area (Å²) in [5, 5.41) is 9.31. The molecular weight excluding hydrogens is 260 g/mol. The van der Waals surface area contributed by atoms with Crippen LogP contribution < -0.4 is 4.90 Å². The standard InChI is InChI=1S/C15H11ClN2O/c1-18(13-4-2-3-11(7-13)9-17)14-6-5-12(10-19)15(16)8-14/h2-8,10H,1H3. The summed E-state index contributed by atoms with van der Waals surface area (Å²) in [6, 6.07) is 14.6. The monoisotopic (exact) mass is 270 g/mol. The molecule has 19 heavy (non-hydrogen) atoms. The molecule has 0 amide bonds. The number of halogens is 1. The highest BCUT2D eigenvalue weighted by molar-refractivity contribution is 6.33. The van der Waals surface area contributed by atoms with Gasteiger partial charge in [0.2, 0.25) is 0 Å². The van der Waals surface area contributed by atoms with Gasteiger partial charge in [0, 0.05) is 24.0 Å². The van der Waals surface area contributed by atoms with E-state index >= 15 is 0 Å². The van der Waals surface area contributed by atoms with Crippen LogP contribution in [0.4, 0.5) is 11.4 Å². The Morgan fingerprint density at radius 1 is 1.21 bits per heavy atom. The summed E-state index contributed by atoms with van der Waals surface area (Å²) < 4.78 is 0. The van der Waals surface area contributed by atoms with E-state index in [0.717, 1.165) is 17.7 Å². The van der Waals surface area contributed by atoms with Crippen molar-refractivity contribution in [2.75, 3.05) is 11.9 Å². The van der Waals surface area contributed by atoms with Crippen molar-refractivity contribution in [1.29, 1.82) is 5.26 Å². The molecule has 0 bridgehead atoms. The lowest BCUT2D eigenvalue weighted by atomic mass is 10.1. The molecule has 0 heterocycles. The minimum Gasteiger partial charge on any atom is -0.345 e. The predicted molar refractivity (Wildman–Crippen MR) is 76.1 cm³/mol. The van der Waals surface area contributed by atoms with Crippen LogP contribution in [-0.2, 0) is 0 Å². The van der Waals surface area contributed by atoms with Crippen molar-refractivity contribution in [3.05, 3.63) is 58.6 Å². The highest BCUT2D eigenvalue weighted by Crippen LogP contribution is 2.27. The first-order valence-electron chi connectivity index (χ1n) is 5.64. The van der Waals surface area contributed by atoms with Gasteiger partial charge in [-0.25, -0.2) is 0 Å². The van der Waals surface area contributed by atoms with Gasteiger partial charge in [-0.1, -0.05) is 17.7 Å². The van der Waals surface area contributed by atoms with Gasteiger partial charge in [0.15, 0.2) is 6.29 Å². The van der Waals surface area contributed by atoms with Gasteiger partial charge in [-0.3, -0.25) is 4.79 Å². The first kappa shape index (κ1) is 13.1. The highest BCUT2D eigenvalue weighted by atomic mass is 35.5. The summed E-state index contributed by atoms with van der Waals surface area (Å²) in [5.41, 5.74) is 2.80. The minimum atomic E-state index is 0.413. The number of nitriles is 1. The zero-order chi connectivity index (χ0) is 13.8. The number of carbonyl (C=O) groups excluding carboxylic acids is 1. The topological polar surface area (TPSA) is 44.1 Å². The fraction of sp³-hybridized carbons (Fsp3) is 0.0667. The number of anilines is 2. The van der Waals surface area contributed by atoms with E-state index in [4.69, 9.17) is 16.9 Å². The Morgan fingerprint density at radius 3 is 2.58 bits per heavy atom. The molecule has 0 aliphatic heterocycles. The molecule has 94 valence electrons. The molecule has 0 N–H and O–H groups in total. The summed E-state index contributed by atoms with van der Waals surface area (Å²) in [7, 11) is 1.88. The lowest BCUT2D eigenvalue weighted by Gasteiger charge is -2.20. The molecule has 0 spiro atoms. The fourth-order valence-corrected chi connectivity index (χ4v) is 1.97. The maximum absolute atomic E-state index is 10.7. The van der Waals surface area contributed by atoms with E-state index in [9.17, 15) is 4.79 Å². The Balaban J connectivity index is 2.38. The fourth-order valence-electron chi connectivity index (χ4n) is 1.75. The van der Waals surface area contributed by atoms with Crippen molar-refractivity contribution >= 4 is 29.3 Å². The predicted octanol–water partition coefficient (Wildman–Crippen LogP) is 3.79. The zero-order valence-electron chi connectivity index (χ0n) is 10.3. The molecule has 0 unspecified atom stereocenters. The molecule has 2 aromatic rings. The van der Waals surface area contributed by atoms with Crippen molar-refractivity contribution in [3.8, 4) is 6.07 Å².